The van der Waals surface area contributed by atoms with Gasteiger partial charge in [-0.1, -0.05) is 0 Å². The average Bonchev–Trinajstić information content (AvgIpc) is 2.27. The number of hydrogen-bond acceptors (Lipinski definition) is 4. The van der Waals surface area contributed by atoms with Crippen LogP contribution in [0.5, 0.6) is 5.75 Å². The minimum atomic E-state index is -0.322. The summed E-state index contributed by atoms with van der Waals surface area (Å²) in [6.07, 6.45) is 0.728. The van der Waals surface area contributed by atoms with Gasteiger partial charge in [-0.3, -0.25) is 0 Å². The molecule has 4 nitrogen and oxygen atoms in total. The van der Waals surface area contributed by atoms with E-state index in [2.05, 4.69) is 0 Å². The van der Waals surface area contributed by atoms with Crippen molar-refractivity contribution in [3.8, 4) is 5.75 Å². The van der Waals surface area contributed by atoms with Crippen molar-refractivity contribution in [2.75, 3.05) is 6.61 Å². The molecule has 2 N–H and O–H groups in total. The molecule has 1 atom stereocenters. The second kappa shape index (κ2) is 4.61. The minimum Gasteiger partial charge on any atom is -0.487 e. The lowest BCUT2D eigenvalue weighted by Crippen LogP contribution is -2.37. The van der Waals surface area contributed by atoms with Crippen molar-refractivity contribution in [3.63, 3.8) is 0 Å². The Morgan fingerprint density at radius 3 is 2.94 bits per heavy atom. The number of benzene rings is 1. The Labute approximate surface area is 107 Å². The molecule has 1 heterocycles. The van der Waals surface area contributed by atoms with Crippen LogP contribution in [0.1, 0.15) is 49.2 Å². The topological polar surface area (TPSA) is 61.5 Å². The highest BCUT2D eigenvalue weighted by Gasteiger charge is 2.32. The lowest BCUT2D eigenvalue weighted by Gasteiger charge is -2.36. The highest BCUT2D eigenvalue weighted by Crippen LogP contribution is 2.38. The Hall–Kier alpha value is -1.55. The van der Waals surface area contributed by atoms with Gasteiger partial charge in [0.25, 0.3) is 0 Å². The van der Waals surface area contributed by atoms with Crippen LogP contribution in [0.3, 0.4) is 0 Å². The first-order valence-corrected chi connectivity index (χ1v) is 6.18. The van der Waals surface area contributed by atoms with Crippen LogP contribution in [-0.4, -0.2) is 18.2 Å². The maximum atomic E-state index is 11.7. The first kappa shape index (κ1) is 12.9. The molecule has 1 aromatic rings. The molecule has 0 saturated heterocycles. The molecule has 2 rings (SSSR count). The molecule has 4 heteroatoms. The number of rotatable bonds is 2. The van der Waals surface area contributed by atoms with E-state index in [9.17, 15) is 4.79 Å². The van der Waals surface area contributed by atoms with Crippen LogP contribution >= 0.6 is 0 Å². The van der Waals surface area contributed by atoms with E-state index >= 15 is 0 Å². The highest BCUT2D eigenvalue weighted by molar-refractivity contribution is 5.90. The molecule has 0 amide bonds. The molecule has 1 aliphatic heterocycles. The Balaban J connectivity index is 2.33. The van der Waals surface area contributed by atoms with Crippen molar-refractivity contribution in [2.24, 2.45) is 5.73 Å². The van der Waals surface area contributed by atoms with Crippen LogP contribution in [0.4, 0.5) is 0 Å². The summed E-state index contributed by atoms with van der Waals surface area (Å²) in [4.78, 5) is 11.7. The molecule has 0 radical (unpaired) electrons. The fourth-order valence-corrected chi connectivity index (χ4v) is 2.25. The Kier molecular flexibility index (Phi) is 3.30. The summed E-state index contributed by atoms with van der Waals surface area (Å²) in [6, 6.07) is 5.17. The first-order chi connectivity index (χ1) is 8.43. The summed E-state index contributed by atoms with van der Waals surface area (Å²) in [6.45, 7) is 6.17. The van der Waals surface area contributed by atoms with Crippen LogP contribution in [0, 0.1) is 0 Å². The maximum Gasteiger partial charge on any atom is 0.338 e. The predicted octanol–water partition coefficient (Wildman–Crippen LogP) is 2.42. The molecule has 0 fully saturated rings. The van der Waals surface area contributed by atoms with Gasteiger partial charge in [0.05, 0.1) is 12.2 Å². The van der Waals surface area contributed by atoms with Gasteiger partial charge in [-0.15, -0.1) is 0 Å². The van der Waals surface area contributed by atoms with Crippen molar-refractivity contribution in [1.29, 1.82) is 0 Å². The van der Waals surface area contributed by atoms with Gasteiger partial charge in [0.1, 0.15) is 11.4 Å². The number of fused-ring (bicyclic) bond motifs is 1. The summed E-state index contributed by atoms with van der Waals surface area (Å²) < 4.78 is 10.8. The second-order valence-electron chi connectivity index (χ2n) is 5.15. The number of esters is 1. The van der Waals surface area contributed by atoms with Gasteiger partial charge in [-0.2, -0.15) is 0 Å². The smallest absolute Gasteiger partial charge is 0.338 e. The van der Waals surface area contributed by atoms with Crippen molar-refractivity contribution in [3.05, 3.63) is 29.3 Å². The molecule has 18 heavy (non-hydrogen) atoms. The number of carbonyl (C=O) groups is 1. The maximum absolute atomic E-state index is 11.7. The SMILES string of the molecule is CCOC(=O)c1ccc2c(c1)C(N)CC(C)(C)O2. The standard InChI is InChI=1S/C14H19NO3/c1-4-17-13(16)9-5-6-12-10(7-9)11(15)8-14(2,3)18-12/h5-7,11H,4,8,15H2,1-3H3. The third kappa shape index (κ3) is 2.48. The van der Waals surface area contributed by atoms with Crippen LogP contribution in [0.25, 0.3) is 0 Å². The van der Waals surface area contributed by atoms with E-state index in [-0.39, 0.29) is 17.6 Å². The van der Waals surface area contributed by atoms with Gasteiger partial charge < -0.3 is 15.2 Å². The van der Waals surface area contributed by atoms with Crippen LogP contribution in [0.15, 0.2) is 18.2 Å². The summed E-state index contributed by atoms with van der Waals surface area (Å²) in [5, 5.41) is 0. The van der Waals surface area contributed by atoms with Crippen molar-refractivity contribution in [2.45, 2.75) is 38.8 Å². The van der Waals surface area contributed by atoms with Crippen molar-refractivity contribution < 1.29 is 14.3 Å². The average molecular weight is 249 g/mol. The Morgan fingerprint density at radius 2 is 2.28 bits per heavy atom. The van der Waals surface area contributed by atoms with Gasteiger partial charge in [-0.25, -0.2) is 4.79 Å². The molecule has 1 aromatic carbocycles. The van der Waals surface area contributed by atoms with Gasteiger partial charge in [0.15, 0.2) is 0 Å². The largest absolute Gasteiger partial charge is 0.487 e. The van der Waals surface area contributed by atoms with E-state index in [0.717, 1.165) is 17.7 Å². The number of carbonyl (C=O) groups excluding carboxylic acids is 1. The van der Waals surface area contributed by atoms with Gasteiger partial charge in [-0.05, 0) is 39.0 Å². The fourth-order valence-electron chi connectivity index (χ4n) is 2.25. The van der Waals surface area contributed by atoms with Crippen molar-refractivity contribution in [1.82, 2.24) is 0 Å². The number of hydrogen-bond donors (Lipinski definition) is 1. The first-order valence-electron chi connectivity index (χ1n) is 6.18. The molecule has 1 unspecified atom stereocenters. The van der Waals surface area contributed by atoms with E-state index in [1.54, 1.807) is 25.1 Å². The summed E-state index contributed by atoms with van der Waals surface area (Å²) >= 11 is 0. The third-order valence-electron chi connectivity index (χ3n) is 3.02. The molecular formula is C14H19NO3. The lowest BCUT2D eigenvalue weighted by atomic mass is 9.89. The van der Waals surface area contributed by atoms with Gasteiger partial charge >= 0.3 is 5.97 Å². The number of nitrogens with two attached hydrogens (primary N) is 1. The zero-order valence-electron chi connectivity index (χ0n) is 11.0. The Morgan fingerprint density at radius 1 is 1.56 bits per heavy atom. The Bertz CT molecular complexity index is 468. The number of ether oxygens (including phenoxy) is 2. The molecule has 1 aliphatic rings. The van der Waals surface area contributed by atoms with Gasteiger partial charge in [0, 0.05) is 18.0 Å². The molecule has 98 valence electrons. The molecule has 0 aromatic heterocycles. The summed E-state index contributed by atoms with van der Waals surface area (Å²) in [5.74, 6) is 0.434. The molecule has 0 spiro atoms. The van der Waals surface area contributed by atoms with E-state index in [0.29, 0.717) is 12.2 Å². The monoisotopic (exact) mass is 249 g/mol. The van der Waals surface area contributed by atoms with Crippen LogP contribution in [-0.2, 0) is 4.74 Å². The van der Waals surface area contributed by atoms with E-state index in [4.69, 9.17) is 15.2 Å². The molecular weight excluding hydrogens is 230 g/mol. The highest BCUT2D eigenvalue weighted by atomic mass is 16.5. The van der Waals surface area contributed by atoms with E-state index in [1.807, 2.05) is 13.8 Å². The molecule has 0 aliphatic carbocycles. The second-order valence-corrected chi connectivity index (χ2v) is 5.15. The predicted molar refractivity (Wildman–Crippen MR) is 68.7 cm³/mol. The van der Waals surface area contributed by atoms with Crippen LogP contribution < -0.4 is 10.5 Å². The zero-order valence-corrected chi connectivity index (χ0v) is 11.0. The van der Waals surface area contributed by atoms with Crippen LogP contribution in [0.2, 0.25) is 0 Å². The molecule has 0 bridgehead atoms. The quantitative estimate of drug-likeness (QED) is 0.818. The molecule has 0 saturated carbocycles. The normalized spacial score (nSPS) is 20.8. The van der Waals surface area contributed by atoms with Crippen molar-refractivity contribution >= 4 is 5.97 Å². The summed E-state index contributed by atoms with van der Waals surface area (Å²) in [5.41, 5.74) is 7.26. The van der Waals surface area contributed by atoms with Gasteiger partial charge in [0.2, 0.25) is 0 Å². The summed E-state index contributed by atoms with van der Waals surface area (Å²) in [7, 11) is 0. The third-order valence-corrected chi connectivity index (χ3v) is 3.02. The van der Waals surface area contributed by atoms with E-state index < -0.39 is 0 Å². The zero-order chi connectivity index (χ0) is 13.3. The van der Waals surface area contributed by atoms with E-state index in [1.165, 1.54) is 0 Å². The lowest BCUT2D eigenvalue weighted by molar-refractivity contribution is 0.0525. The fraction of sp³-hybridized carbons (Fsp3) is 0.500. The minimum absolute atomic E-state index is 0.113.